The molecule has 0 aliphatic carbocycles. The second-order valence-corrected chi connectivity index (χ2v) is 5.88. The molecule has 4 amide bonds. The summed E-state index contributed by atoms with van der Waals surface area (Å²) in [5.41, 5.74) is 0.160. The molecule has 0 saturated carbocycles. The molecule has 2 N–H and O–H groups in total. The third-order valence-electron chi connectivity index (χ3n) is 3.93. The zero-order valence-corrected chi connectivity index (χ0v) is 15.2. The molecule has 0 unspecified atom stereocenters. The molecule has 10 heteroatoms. The average Bonchev–Trinajstić information content (AvgIpc) is 3.20. The largest absolute Gasteiger partial charge is 0.493 e. The zero-order valence-electron chi connectivity index (χ0n) is 15.2. The smallest absolute Gasteiger partial charge is 0.341 e. The lowest BCUT2D eigenvalue weighted by Crippen LogP contribution is -2.53. The highest BCUT2D eigenvalue weighted by Gasteiger charge is 2.36. The minimum absolute atomic E-state index is 0.131. The standard InChI is InChI=1S/C19H16N2O8/c1-27-15-8-11(4-5-14(15)29-10-16(22)23)7-13-17(24)20-19(26)21(18(13)25)9-12-3-2-6-28-12/h2-8H,9-10H2,1H3,(H,22,23)(H,20,24,26)/b13-7-. The molecule has 1 saturated heterocycles. The first kappa shape index (κ1) is 19.7. The summed E-state index contributed by atoms with van der Waals surface area (Å²) < 4.78 is 15.4. The van der Waals surface area contributed by atoms with Crippen molar-refractivity contribution in [2.75, 3.05) is 13.7 Å². The molecular weight excluding hydrogens is 384 g/mol. The van der Waals surface area contributed by atoms with Gasteiger partial charge in [0.25, 0.3) is 11.8 Å². The van der Waals surface area contributed by atoms with Gasteiger partial charge in [0.1, 0.15) is 11.3 Å². The van der Waals surface area contributed by atoms with Crippen LogP contribution in [0.1, 0.15) is 11.3 Å². The molecule has 1 fully saturated rings. The van der Waals surface area contributed by atoms with Crippen molar-refractivity contribution in [3.8, 4) is 11.5 Å². The number of benzene rings is 1. The Hall–Kier alpha value is -4.08. The fraction of sp³-hybridized carbons (Fsp3) is 0.158. The third-order valence-corrected chi connectivity index (χ3v) is 3.93. The van der Waals surface area contributed by atoms with Crippen LogP contribution in [0.3, 0.4) is 0 Å². The summed E-state index contributed by atoms with van der Waals surface area (Å²) in [6.07, 6.45) is 2.70. The third kappa shape index (κ3) is 4.43. The monoisotopic (exact) mass is 400 g/mol. The highest BCUT2D eigenvalue weighted by molar-refractivity contribution is 6.30. The summed E-state index contributed by atoms with van der Waals surface area (Å²) >= 11 is 0. The van der Waals surface area contributed by atoms with Crippen LogP contribution in [0.2, 0.25) is 0 Å². The van der Waals surface area contributed by atoms with E-state index in [0.717, 1.165) is 4.90 Å². The summed E-state index contributed by atoms with van der Waals surface area (Å²) in [4.78, 5) is 48.4. The second-order valence-electron chi connectivity index (χ2n) is 5.88. The van der Waals surface area contributed by atoms with Crippen LogP contribution in [-0.4, -0.2) is 47.5 Å². The number of barbiturate groups is 1. The van der Waals surface area contributed by atoms with Crippen molar-refractivity contribution in [3.05, 3.63) is 53.5 Å². The van der Waals surface area contributed by atoms with E-state index in [1.807, 2.05) is 0 Å². The van der Waals surface area contributed by atoms with E-state index in [0.29, 0.717) is 11.3 Å². The molecule has 0 bridgehead atoms. The molecule has 1 aliphatic rings. The fourth-order valence-electron chi connectivity index (χ4n) is 2.60. The number of imide groups is 2. The maximum absolute atomic E-state index is 12.7. The van der Waals surface area contributed by atoms with Crippen molar-refractivity contribution < 1.29 is 38.2 Å². The van der Waals surface area contributed by atoms with E-state index >= 15 is 0 Å². The topological polar surface area (TPSA) is 135 Å². The summed E-state index contributed by atoms with van der Waals surface area (Å²) in [6.45, 7) is -0.685. The number of hydrogen-bond acceptors (Lipinski definition) is 7. The number of hydrogen-bond donors (Lipinski definition) is 2. The first-order valence-corrected chi connectivity index (χ1v) is 8.33. The number of aliphatic carboxylic acids is 1. The molecule has 2 heterocycles. The Bertz CT molecular complexity index is 994. The fourth-order valence-corrected chi connectivity index (χ4v) is 2.60. The van der Waals surface area contributed by atoms with Gasteiger partial charge in [-0.3, -0.25) is 19.8 Å². The molecule has 2 aromatic rings. The second kappa shape index (κ2) is 8.30. The number of nitrogens with one attached hydrogen (secondary N) is 1. The van der Waals surface area contributed by atoms with Crippen molar-refractivity contribution in [1.29, 1.82) is 0 Å². The SMILES string of the molecule is COc1cc(/C=C2/C(=O)NC(=O)N(Cc3ccco3)C2=O)ccc1OCC(=O)O. The lowest BCUT2D eigenvalue weighted by molar-refractivity contribution is -0.139. The summed E-state index contributed by atoms with van der Waals surface area (Å²) in [5.74, 6) is -1.98. The first-order chi connectivity index (χ1) is 13.9. The molecule has 1 aromatic heterocycles. The number of furan rings is 1. The Morgan fingerprint density at radius 1 is 1.24 bits per heavy atom. The van der Waals surface area contributed by atoms with Gasteiger partial charge in [0, 0.05) is 0 Å². The molecule has 1 aliphatic heterocycles. The Morgan fingerprint density at radius 2 is 2.03 bits per heavy atom. The molecular formula is C19H16N2O8. The predicted molar refractivity (Wildman–Crippen MR) is 96.9 cm³/mol. The highest BCUT2D eigenvalue weighted by atomic mass is 16.5. The van der Waals surface area contributed by atoms with Crippen LogP contribution in [0, 0.1) is 0 Å². The van der Waals surface area contributed by atoms with Gasteiger partial charge in [0.2, 0.25) is 0 Å². The van der Waals surface area contributed by atoms with Crippen LogP contribution < -0.4 is 14.8 Å². The number of carbonyl (C=O) groups excluding carboxylic acids is 3. The van der Waals surface area contributed by atoms with E-state index in [1.165, 1.54) is 37.6 Å². The molecule has 0 atom stereocenters. The molecule has 3 rings (SSSR count). The van der Waals surface area contributed by atoms with E-state index in [4.69, 9.17) is 19.0 Å². The van der Waals surface area contributed by atoms with Crippen LogP contribution >= 0.6 is 0 Å². The van der Waals surface area contributed by atoms with Gasteiger partial charge in [-0.05, 0) is 35.9 Å². The summed E-state index contributed by atoms with van der Waals surface area (Å²) in [7, 11) is 1.36. The van der Waals surface area contributed by atoms with Gasteiger partial charge >= 0.3 is 12.0 Å². The van der Waals surface area contributed by atoms with Crippen LogP contribution in [0.5, 0.6) is 11.5 Å². The normalized spacial score (nSPS) is 15.4. The van der Waals surface area contributed by atoms with E-state index < -0.39 is 30.4 Å². The van der Waals surface area contributed by atoms with E-state index in [1.54, 1.807) is 12.1 Å². The van der Waals surface area contributed by atoms with Crippen molar-refractivity contribution >= 4 is 29.9 Å². The minimum atomic E-state index is -1.15. The van der Waals surface area contributed by atoms with E-state index in [2.05, 4.69) is 5.32 Å². The van der Waals surface area contributed by atoms with Gasteiger partial charge in [0.05, 0.1) is 19.9 Å². The van der Waals surface area contributed by atoms with Gasteiger partial charge in [0.15, 0.2) is 18.1 Å². The molecule has 29 heavy (non-hydrogen) atoms. The lowest BCUT2D eigenvalue weighted by atomic mass is 10.1. The van der Waals surface area contributed by atoms with Gasteiger partial charge in [-0.15, -0.1) is 0 Å². The first-order valence-electron chi connectivity index (χ1n) is 8.33. The number of nitrogens with zero attached hydrogens (tertiary/aromatic N) is 1. The van der Waals surface area contributed by atoms with Gasteiger partial charge in [-0.1, -0.05) is 6.07 Å². The molecule has 150 valence electrons. The van der Waals surface area contributed by atoms with Crippen LogP contribution in [0.25, 0.3) is 6.08 Å². The Labute approximate surface area is 164 Å². The minimum Gasteiger partial charge on any atom is -0.493 e. The van der Waals surface area contributed by atoms with Crippen LogP contribution in [0.4, 0.5) is 4.79 Å². The molecule has 0 radical (unpaired) electrons. The average molecular weight is 400 g/mol. The Balaban J connectivity index is 1.87. The van der Waals surface area contributed by atoms with Gasteiger partial charge in [-0.2, -0.15) is 0 Å². The van der Waals surface area contributed by atoms with E-state index in [-0.39, 0.29) is 23.6 Å². The number of amides is 4. The number of carboxylic acid groups (broad SMARTS) is 1. The number of carboxylic acids is 1. The van der Waals surface area contributed by atoms with E-state index in [9.17, 15) is 19.2 Å². The summed E-state index contributed by atoms with van der Waals surface area (Å²) in [5, 5.41) is 10.8. The quantitative estimate of drug-likeness (QED) is 0.526. The van der Waals surface area contributed by atoms with Crippen LogP contribution in [0.15, 0.2) is 46.6 Å². The zero-order chi connectivity index (χ0) is 21.0. The lowest BCUT2D eigenvalue weighted by Gasteiger charge is -2.25. The number of carbonyl (C=O) groups is 4. The molecule has 10 nitrogen and oxygen atoms in total. The van der Waals surface area contributed by atoms with Crippen molar-refractivity contribution in [2.45, 2.75) is 6.54 Å². The number of urea groups is 1. The number of rotatable bonds is 7. The molecule has 1 aromatic carbocycles. The van der Waals surface area contributed by atoms with Crippen LogP contribution in [-0.2, 0) is 20.9 Å². The van der Waals surface area contributed by atoms with Gasteiger partial charge in [-0.25, -0.2) is 9.59 Å². The summed E-state index contributed by atoms with van der Waals surface area (Å²) in [6, 6.07) is 6.80. The van der Waals surface area contributed by atoms with Crippen molar-refractivity contribution in [1.82, 2.24) is 10.2 Å². The number of methoxy groups -OCH3 is 1. The van der Waals surface area contributed by atoms with Crippen molar-refractivity contribution in [3.63, 3.8) is 0 Å². The maximum atomic E-state index is 12.7. The Kier molecular flexibility index (Phi) is 5.63. The Morgan fingerprint density at radius 3 is 2.69 bits per heavy atom. The molecule has 0 spiro atoms. The predicted octanol–water partition coefficient (Wildman–Crippen LogP) is 1.41. The highest BCUT2D eigenvalue weighted by Crippen LogP contribution is 2.29. The maximum Gasteiger partial charge on any atom is 0.341 e. The van der Waals surface area contributed by atoms with Gasteiger partial charge < -0.3 is 19.0 Å². The number of ether oxygens (including phenoxy) is 2. The van der Waals surface area contributed by atoms with Crippen molar-refractivity contribution in [2.24, 2.45) is 0 Å².